The molecule has 0 saturated carbocycles. The SMILES string of the molecule is Nc1nc(CN2CC(CO)C2)nc2ccccc12. The first kappa shape index (κ1) is 11.4. The molecular weight excluding hydrogens is 228 g/mol. The number of benzene rings is 1. The molecule has 0 atom stereocenters. The molecule has 2 aromatic rings. The first-order valence-electron chi connectivity index (χ1n) is 6.10. The minimum absolute atomic E-state index is 0.261. The maximum absolute atomic E-state index is 8.98. The highest BCUT2D eigenvalue weighted by Gasteiger charge is 2.26. The fourth-order valence-corrected chi connectivity index (χ4v) is 2.34. The zero-order valence-electron chi connectivity index (χ0n) is 10.1. The van der Waals surface area contributed by atoms with Gasteiger partial charge in [0.25, 0.3) is 0 Å². The van der Waals surface area contributed by atoms with E-state index in [0.717, 1.165) is 29.8 Å². The molecule has 0 spiro atoms. The Morgan fingerprint density at radius 1 is 1.28 bits per heavy atom. The minimum Gasteiger partial charge on any atom is -0.396 e. The van der Waals surface area contributed by atoms with Gasteiger partial charge >= 0.3 is 0 Å². The van der Waals surface area contributed by atoms with E-state index in [2.05, 4.69) is 14.9 Å². The summed E-state index contributed by atoms with van der Waals surface area (Å²) in [6.45, 7) is 2.78. The monoisotopic (exact) mass is 244 g/mol. The molecule has 1 aliphatic heterocycles. The second kappa shape index (κ2) is 4.51. The number of nitrogen functional groups attached to an aromatic ring is 1. The Balaban J connectivity index is 1.81. The fourth-order valence-electron chi connectivity index (χ4n) is 2.34. The number of fused-ring (bicyclic) bond motifs is 1. The smallest absolute Gasteiger partial charge is 0.145 e. The Morgan fingerprint density at radius 2 is 2.06 bits per heavy atom. The molecule has 0 aliphatic carbocycles. The molecule has 0 bridgehead atoms. The number of aromatic nitrogens is 2. The van der Waals surface area contributed by atoms with Gasteiger partial charge in [0.1, 0.15) is 11.6 Å². The molecule has 0 amide bonds. The third-order valence-corrected chi connectivity index (χ3v) is 3.34. The van der Waals surface area contributed by atoms with Crippen molar-refractivity contribution >= 4 is 16.7 Å². The lowest BCUT2D eigenvalue weighted by Crippen LogP contribution is -2.47. The van der Waals surface area contributed by atoms with Crippen molar-refractivity contribution in [1.29, 1.82) is 0 Å². The molecule has 1 aromatic carbocycles. The van der Waals surface area contributed by atoms with Gasteiger partial charge < -0.3 is 10.8 Å². The first-order chi connectivity index (χ1) is 8.76. The normalized spacial score (nSPS) is 16.9. The van der Waals surface area contributed by atoms with Crippen molar-refractivity contribution in [1.82, 2.24) is 14.9 Å². The molecule has 1 saturated heterocycles. The molecule has 5 heteroatoms. The van der Waals surface area contributed by atoms with Gasteiger partial charge in [-0.3, -0.25) is 4.90 Å². The minimum atomic E-state index is 0.261. The van der Waals surface area contributed by atoms with Crippen molar-refractivity contribution in [3.63, 3.8) is 0 Å². The van der Waals surface area contributed by atoms with Gasteiger partial charge in [-0.05, 0) is 12.1 Å². The van der Waals surface area contributed by atoms with E-state index in [1.165, 1.54) is 0 Å². The predicted octanol–water partition coefficient (Wildman–Crippen LogP) is 0.636. The number of nitrogens with two attached hydrogens (primary N) is 1. The predicted molar refractivity (Wildman–Crippen MR) is 69.8 cm³/mol. The molecule has 1 aromatic heterocycles. The van der Waals surface area contributed by atoms with Crippen LogP contribution in [0.3, 0.4) is 0 Å². The van der Waals surface area contributed by atoms with Crippen LogP contribution in [0.5, 0.6) is 0 Å². The molecule has 2 heterocycles. The number of aliphatic hydroxyl groups is 1. The van der Waals surface area contributed by atoms with Gasteiger partial charge in [-0.25, -0.2) is 9.97 Å². The van der Waals surface area contributed by atoms with Crippen molar-refractivity contribution in [2.45, 2.75) is 6.54 Å². The van der Waals surface area contributed by atoms with Gasteiger partial charge in [0.15, 0.2) is 0 Å². The number of anilines is 1. The van der Waals surface area contributed by atoms with E-state index >= 15 is 0 Å². The van der Waals surface area contributed by atoms with Crippen LogP contribution >= 0.6 is 0 Å². The Bertz CT molecular complexity index is 566. The number of likely N-dealkylation sites (tertiary alicyclic amines) is 1. The molecule has 3 rings (SSSR count). The van der Waals surface area contributed by atoms with E-state index < -0.39 is 0 Å². The summed E-state index contributed by atoms with van der Waals surface area (Å²) in [6, 6.07) is 7.76. The standard InChI is InChI=1S/C13H16N4O/c14-13-10-3-1-2-4-11(10)15-12(16-13)7-17-5-9(6-17)8-18/h1-4,9,18H,5-8H2,(H2,14,15,16). The molecule has 0 unspecified atom stereocenters. The van der Waals surface area contributed by atoms with Crippen molar-refractivity contribution in [2.75, 3.05) is 25.4 Å². The second-order valence-corrected chi connectivity index (χ2v) is 4.78. The summed E-state index contributed by atoms with van der Waals surface area (Å²) in [4.78, 5) is 11.1. The van der Waals surface area contributed by atoms with E-state index in [9.17, 15) is 0 Å². The average Bonchev–Trinajstić information content (AvgIpc) is 2.33. The van der Waals surface area contributed by atoms with Crippen LogP contribution < -0.4 is 5.73 Å². The lowest BCUT2D eigenvalue weighted by Gasteiger charge is -2.37. The van der Waals surface area contributed by atoms with Gasteiger partial charge in [0.05, 0.1) is 12.1 Å². The van der Waals surface area contributed by atoms with Gasteiger partial charge in [0, 0.05) is 31.0 Å². The Hall–Kier alpha value is -1.72. The summed E-state index contributed by atoms with van der Waals surface area (Å²) >= 11 is 0. The number of hydrogen-bond acceptors (Lipinski definition) is 5. The quantitative estimate of drug-likeness (QED) is 0.828. The summed E-state index contributed by atoms with van der Waals surface area (Å²) in [7, 11) is 0. The largest absolute Gasteiger partial charge is 0.396 e. The van der Waals surface area contributed by atoms with Crippen LogP contribution in [0.1, 0.15) is 5.82 Å². The second-order valence-electron chi connectivity index (χ2n) is 4.78. The lowest BCUT2D eigenvalue weighted by atomic mass is 10.0. The number of aliphatic hydroxyl groups excluding tert-OH is 1. The maximum Gasteiger partial charge on any atom is 0.145 e. The van der Waals surface area contributed by atoms with Crippen molar-refractivity contribution < 1.29 is 5.11 Å². The van der Waals surface area contributed by atoms with Gasteiger partial charge in [-0.2, -0.15) is 0 Å². The Morgan fingerprint density at radius 3 is 2.83 bits per heavy atom. The van der Waals surface area contributed by atoms with Gasteiger partial charge in [0.2, 0.25) is 0 Å². The zero-order valence-corrected chi connectivity index (χ0v) is 10.1. The third kappa shape index (κ3) is 2.02. The first-order valence-corrected chi connectivity index (χ1v) is 6.10. The topological polar surface area (TPSA) is 75.3 Å². The Kier molecular flexibility index (Phi) is 2.85. The van der Waals surface area contributed by atoms with E-state index in [1.54, 1.807) is 0 Å². The molecular formula is C13H16N4O. The van der Waals surface area contributed by atoms with Crippen LogP contribution in [-0.2, 0) is 6.54 Å². The van der Waals surface area contributed by atoms with Crippen LogP contribution in [0.25, 0.3) is 10.9 Å². The fraction of sp³-hybridized carbons (Fsp3) is 0.385. The molecule has 18 heavy (non-hydrogen) atoms. The summed E-state index contributed by atoms with van der Waals surface area (Å²) in [6.07, 6.45) is 0. The van der Waals surface area contributed by atoms with Crippen LogP contribution in [0.2, 0.25) is 0 Å². The molecule has 5 nitrogen and oxygen atoms in total. The van der Waals surface area contributed by atoms with E-state index in [-0.39, 0.29) is 6.61 Å². The van der Waals surface area contributed by atoms with Crippen LogP contribution in [0.15, 0.2) is 24.3 Å². The summed E-state index contributed by atoms with van der Waals surface area (Å²) in [5, 5.41) is 9.88. The molecule has 1 aliphatic rings. The summed E-state index contributed by atoms with van der Waals surface area (Å²) in [5.74, 6) is 1.69. The average molecular weight is 244 g/mol. The van der Waals surface area contributed by atoms with Crippen LogP contribution in [0, 0.1) is 5.92 Å². The van der Waals surface area contributed by atoms with Crippen molar-refractivity contribution in [3.05, 3.63) is 30.1 Å². The van der Waals surface area contributed by atoms with Gasteiger partial charge in [-0.1, -0.05) is 12.1 Å². The molecule has 3 N–H and O–H groups in total. The Labute approximate surface area is 105 Å². The zero-order chi connectivity index (χ0) is 12.5. The number of hydrogen-bond donors (Lipinski definition) is 2. The van der Waals surface area contributed by atoms with E-state index in [4.69, 9.17) is 10.8 Å². The summed E-state index contributed by atoms with van der Waals surface area (Å²) < 4.78 is 0. The number of para-hydroxylation sites is 1. The molecule has 94 valence electrons. The number of nitrogens with zero attached hydrogens (tertiary/aromatic N) is 3. The maximum atomic E-state index is 8.98. The van der Waals surface area contributed by atoms with Crippen molar-refractivity contribution in [2.24, 2.45) is 5.92 Å². The van der Waals surface area contributed by atoms with Crippen LogP contribution in [-0.4, -0.2) is 39.7 Å². The number of rotatable bonds is 3. The van der Waals surface area contributed by atoms with Gasteiger partial charge in [-0.15, -0.1) is 0 Å². The van der Waals surface area contributed by atoms with Crippen molar-refractivity contribution in [3.8, 4) is 0 Å². The summed E-state index contributed by atoms with van der Waals surface area (Å²) in [5.41, 5.74) is 6.82. The molecule has 1 fully saturated rings. The lowest BCUT2D eigenvalue weighted by molar-refractivity contribution is 0.0461. The highest BCUT2D eigenvalue weighted by atomic mass is 16.3. The van der Waals surface area contributed by atoms with Crippen LogP contribution in [0.4, 0.5) is 5.82 Å². The third-order valence-electron chi connectivity index (χ3n) is 3.34. The van der Waals surface area contributed by atoms with E-state index in [1.807, 2.05) is 24.3 Å². The highest BCUT2D eigenvalue weighted by molar-refractivity contribution is 5.87. The van der Waals surface area contributed by atoms with E-state index in [0.29, 0.717) is 18.3 Å². The molecule has 0 radical (unpaired) electrons. The highest BCUT2D eigenvalue weighted by Crippen LogP contribution is 2.20.